The summed E-state index contributed by atoms with van der Waals surface area (Å²) < 4.78 is 0. The van der Waals surface area contributed by atoms with Crippen LogP contribution in [0, 0.1) is 0 Å². The van der Waals surface area contributed by atoms with Gasteiger partial charge < -0.3 is 15.7 Å². The molecule has 1 aromatic carbocycles. The van der Waals surface area contributed by atoms with Crippen LogP contribution in [0.1, 0.15) is 18.4 Å². The van der Waals surface area contributed by atoms with E-state index in [4.69, 9.17) is 10.8 Å². The van der Waals surface area contributed by atoms with Crippen molar-refractivity contribution < 1.29 is 14.7 Å². The molecule has 1 aliphatic heterocycles. The van der Waals surface area contributed by atoms with E-state index < -0.39 is 12.0 Å². The summed E-state index contributed by atoms with van der Waals surface area (Å²) in [5, 5.41) is 8.73. The molecular weight excluding hydrogens is 232 g/mol. The van der Waals surface area contributed by atoms with Crippen molar-refractivity contribution >= 4 is 17.6 Å². The number of amides is 1. The number of hydrogen-bond acceptors (Lipinski definition) is 3. The number of anilines is 1. The number of carboxylic acids is 1. The second kappa shape index (κ2) is 5.18. The molecule has 1 aliphatic rings. The van der Waals surface area contributed by atoms with Gasteiger partial charge in [-0.05, 0) is 30.5 Å². The summed E-state index contributed by atoms with van der Waals surface area (Å²) in [6.45, 7) is 0.757. The average molecular weight is 248 g/mol. The van der Waals surface area contributed by atoms with E-state index in [1.165, 1.54) is 0 Å². The molecule has 0 saturated carbocycles. The van der Waals surface area contributed by atoms with Crippen molar-refractivity contribution in [2.45, 2.75) is 25.3 Å². The zero-order valence-electron chi connectivity index (χ0n) is 10.0. The molecule has 3 N–H and O–H groups in total. The van der Waals surface area contributed by atoms with Crippen LogP contribution < -0.4 is 10.6 Å². The molecule has 5 heteroatoms. The Bertz CT molecular complexity index is 456. The Labute approximate surface area is 105 Å². The summed E-state index contributed by atoms with van der Waals surface area (Å²) in [5.41, 5.74) is 7.19. The maximum atomic E-state index is 11.6. The standard InChI is InChI=1S/C13H16N2O3/c14-11(13(17)18)8-9-3-5-10(6-4-9)15-7-1-2-12(15)16/h3-6,11H,1-2,7-8,14H2,(H,17,18)/t11-/m0/s1. The van der Waals surface area contributed by atoms with Crippen LogP contribution in [0.15, 0.2) is 24.3 Å². The number of carbonyl (C=O) groups excluding carboxylic acids is 1. The Hall–Kier alpha value is -1.88. The largest absolute Gasteiger partial charge is 0.480 e. The summed E-state index contributed by atoms with van der Waals surface area (Å²) in [6.07, 6.45) is 1.79. The maximum absolute atomic E-state index is 11.6. The highest BCUT2D eigenvalue weighted by Gasteiger charge is 2.21. The number of nitrogens with two attached hydrogens (primary N) is 1. The Kier molecular flexibility index (Phi) is 3.62. The molecule has 0 aliphatic carbocycles. The molecule has 1 aromatic rings. The first-order chi connectivity index (χ1) is 8.58. The molecule has 0 bridgehead atoms. The average Bonchev–Trinajstić information content (AvgIpc) is 2.76. The minimum Gasteiger partial charge on any atom is -0.480 e. The van der Waals surface area contributed by atoms with Crippen LogP contribution in [0.3, 0.4) is 0 Å². The van der Waals surface area contributed by atoms with Crippen LogP contribution >= 0.6 is 0 Å². The molecule has 0 unspecified atom stereocenters. The van der Waals surface area contributed by atoms with E-state index in [2.05, 4.69) is 0 Å². The van der Waals surface area contributed by atoms with Crippen LogP contribution in [-0.4, -0.2) is 29.6 Å². The fourth-order valence-corrected chi connectivity index (χ4v) is 2.07. The minimum absolute atomic E-state index is 0.144. The monoisotopic (exact) mass is 248 g/mol. The number of aliphatic carboxylic acids is 1. The van der Waals surface area contributed by atoms with Gasteiger partial charge in [-0.1, -0.05) is 12.1 Å². The van der Waals surface area contributed by atoms with Gasteiger partial charge in [0, 0.05) is 18.7 Å². The topological polar surface area (TPSA) is 83.6 Å². The number of rotatable bonds is 4. The first-order valence-corrected chi connectivity index (χ1v) is 5.95. The van der Waals surface area contributed by atoms with Crippen molar-refractivity contribution in [3.05, 3.63) is 29.8 Å². The van der Waals surface area contributed by atoms with Crippen LogP contribution in [-0.2, 0) is 16.0 Å². The number of carbonyl (C=O) groups is 2. The fraction of sp³-hybridized carbons (Fsp3) is 0.385. The van der Waals surface area contributed by atoms with E-state index in [-0.39, 0.29) is 5.91 Å². The Balaban J connectivity index is 2.05. The van der Waals surface area contributed by atoms with E-state index in [1.807, 2.05) is 24.3 Å². The number of benzene rings is 1. The van der Waals surface area contributed by atoms with Gasteiger partial charge in [-0.25, -0.2) is 0 Å². The van der Waals surface area contributed by atoms with E-state index in [0.29, 0.717) is 12.8 Å². The van der Waals surface area contributed by atoms with E-state index >= 15 is 0 Å². The van der Waals surface area contributed by atoms with Gasteiger partial charge in [0.25, 0.3) is 0 Å². The van der Waals surface area contributed by atoms with Gasteiger partial charge in [0.2, 0.25) is 5.91 Å². The number of carboxylic acid groups (broad SMARTS) is 1. The van der Waals surface area contributed by atoms with Gasteiger partial charge in [0.15, 0.2) is 0 Å². The second-order valence-electron chi connectivity index (χ2n) is 4.46. The molecule has 1 saturated heterocycles. The summed E-state index contributed by atoms with van der Waals surface area (Å²) in [6, 6.07) is 6.44. The smallest absolute Gasteiger partial charge is 0.320 e. The summed E-state index contributed by atoms with van der Waals surface area (Å²) in [4.78, 5) is 24.0. The molecule has 1 amide bonds. The summed E-state index contributed by atoms with van der Waals surface area (Å²) >= 11 is 0. The van der Waals surface area contributed by atoms with E-state index in [0.717, 1.165) is 24.2 Å². The molecule has 2 rings (SSSR count). The molecule has 96 valence electrons. The predicted molar refractivity (Wildman–Crippen MR) is 67.3 cm³/mol. The third-order valence-electron chi connectivity index (χ3n) is 3.09. The summed E-state index contributed by atoms with van der Waals surface area (Å²) in [5.74, 6) is -0.862. The lowest BCUT2D eigenvalue weighted by molar-refractivity contribution is -0.138. The van der Waals surface area contributed by atoms with Gasteiger partial charge >= 0.3 is 5.97 Å². The van der Waals surface area contributed by atoms with E-state index in [9.17, 15) is 9.59 Å². The molecule has 1 heterocycles. The fourth-order valence-electron chi connectivity index (χ4n) is 2.07. The molecule has 1 atom stereocenters. The van der Waals surface area contributed by atoms with Gasteiger partial charge in [0.05, 0.1) is 0 Å². The van der Waals surface area contributed by atoms with Crippen molar-refractivity contribution in [2.24, 2.45) is 5.73 Å². The SMILES string of the molecule is N[C@@H](Cc1ccc(N2CCCC2=O)cc1)C(=O)O. The van der Waals surface area contributed by atoms with Crippen LogP contribution in [0.25, 0.3) is 0 Å². The van der Waals surface area contributed by atoms with Crippen LogP contribution in [0.4, 0.5) is 5.69 Å². The molecule has 0 aromatic heterocycles. The lowest BCUT2D eigenvalue weighted by atomic mass is 10.1. The highest BCUT2D eigenvalue weighted by atomic mass is 16.4. The van der Waals surface area contributed by atoms with Gasteiger partial charge in [-0.2, -0.15) is 0 Å². The molecule has 0 spiro atoms. The molecule has 1 fully saturated rings. The summed E-state index contributed by atoms with van der Waals surface area (Å²) in [7, 11) is 0. The lowest BCUT2D eigenvalue weighted by Crippen LogP contribution is -2.32. The molecule has 0 radical (unpaired) electrons. The zero-order valence-corrected chi connectivity index (χ0v) is 10.0. The highest BCUT2D eigenvalue weighted by Crippen LogP contribution is 2.21. The maximum Gasteiger partial charge on any atom is 0.320 e. The van der Waals surface area contributed by atoms with Crippen molar-refractivity contribution in [1.82, 2.24) is 0 Å². The van der Waals surface area contributed by atoms with Crippen molar-refractivity contribution in [2.75, 3.05) is 11.4 Å². The highest BCUT2D eigenvalue weighted by molar-refractivity contribution is 5.95. The predicted octanol–water partition coefficient (Wildman–Crippen LogP) is 0.768. The molecule has 18 heavy (non-hydrogen) atoms. The van der Waals surface area contributed by atoms with Crippen LogP contribution in [0.2, 0.25) is 0 Å². The quantitative estimate of drug-likeness (QED) is 0.824. The molecule has 5 nitrogen and oxygen atoms in total. The van der Waals surface area contributed by atoms with Crippen molar-refractivity contribution in [1.29, 1.82) is 0 Å². The van der Waals surface area contributed by atoms with Crippen molar-refractivity contribution in [3.8, 4) is 0 Å². The van der Waals surface area contributed by atoms with Crippen molar-refractivity contribution in [3.63, 3.8) is 0 Å². The Morgan fingerprint density at radius 2 is 2.06 bits per heavy atom. The Morgan fingerprint density at radius 1 is 1.39 bits per heavy atom. The number of hydrogen-bond donors (Lipinski definition) is 2. The molecular formula is C13H16N2O3. The first kappa shape index (κ1) is 12.6. The van der Waals surface area contributed by atoms with E-state index in [1.54, 1.807) is 4.90 Å². The normalized spacial score (nSPS) is 16.9. The second-order valence-corrected chi connectivity index (χ2v) is 4.46. The third kappa shape index (κ3) is 2.68. The Morgan fingerprint density at radius 3 is 2.56 bits per heavy atom. The van der Waals surface area contributed by atoms with Crippen LogP contribution in [0.5, 0.6) is 0 Å². The zero-order chi connectivity index (χ0) is 13.1. The van der Waals surface area contributed by atoms with Gasteiger partial charge in [-0.15, -0.1) is 0 Å². The minimum atomic E-state index is -1.01. The first-order valence-electron chi connectivity index (χ1n) is 5.95. The lowest BCUT2D eigenvalue weighted by Gasteiger charge is -2.16. The van der Waals surface area contributed by atoms with Gasteiger partial charge in [-0.3, -0.25) is 9.59 Å². The van der Waals surface area contributed by atoms with Gasteiger partial charge in [0.1, 0.15) is 6.04 Å². The number of nitrogens with zero attached hydrogens (tertiary/aromatic N) is 1. The third-order valence-corrected chi connectivity index (χ3v) is 3.09.